The second kappa shape index (κ2) is 18.3. The van der Waals surface area contributed by atoms with Crippen LogP contribution in [0.4, 0.5) is 0 Å². The van der Waals surface area contributed by atoms with Crippen molar-refractivity contribution < 1.29 is 17.8 Å². The van der Waals surface area contributed by atoms with Gasteiger partial charge in [-0.05, 0) is 61.7 Å². The van der Waals surface area contributed by atoms with Crippen molar-refractivity contribution in [1.82, 2.24) is 0 Å². The van der Waals surface area contributed by atoms with Crippen LogP contribution in [0.1, 0.15) is 107 Å². The van der Waals surface area contributed by atoms with Gasteiger partial charge in [-0.2, -0.15) is 0 Å². The smallest absolute Gasteiger partial charge is 0.317 e. The van der Waals surface area contributed by atoms with Crippen molar-refractivity contribution in [1.29, 1.82) is 0 Å². The van der Waals surface area contributed by atoms with Crippen LogP contribution < -0.4 is 0 Å². The molecule has 0 bridgehead atoms. The fourth-order valence-corrected chi connectivity index (χ4v) is 23.0. The molecule has 0 spiro atoms. The first-order chi connectivity index (χ1) is 16.1. The highest BCUT2D eigenvalue weighted by Gasteiger charge is 2.47. The molecule has 1 unspecified atom stereocenters. The van der Waals surface area contributed by atoms with E-state index in [4.69, 9.17) is 13.0 Å². The molecule has 0 aliphatic rings. The van der Waals surface area contributed by atoms with E-state index in [1.165, 1.54) is 49.9 Å². The number of carbonyl (C=O) groups is 1. The Labute approximate surface area is 216 Å². The topological polar surface area (TPSA) is 44.8 Å². The van der Waals surface area contributed by atoms with E-state index in [2.05, 4.69) is 48.1 Å². The first-order valence-corrected chi connectivity index (χ1v) is 22.3. The van der Waals surface area contributed by atoms with Gasteiger partial charge in [0.15, 0.2) is 16.6 Å². The summed E-state index contributed by atoms with van der Waals surface area (Å²) in [5, 5.41) is 0. The van der Waals surface area contributed by atoms with Crippen LogP contribution in [0.2, 0.25) is 48.9 Å². The van der Waals surface area contributed by atoms with Gasteiger partial charge >= 0.3 is 14.5 Å². The summed E-state index contributed by atoms with van der Waals surface area (Å²) >= 11 is 0. The van der Waals surface area contributed by atoms with E-state index in [0.29, 0.717) is 6.61 Å². The average molecular weight is 533 g/mol. The Morgan fingerprint density at radius 1 is 0.706 bits per heavy atom. The van der Waals surface area contributed by atoms with Crippen molar-refractivity contribution in [3.63, 3.8) is 0 Å². The van der Waals surface area contributed by atoms with E-state index in [0.717, 1.165) is 43.8 Å². The van der Waals surface area contributed by atoms with Crippen molar-refractivity contribution in [3.05, 3.63) is 0 Å². The van der Waals surface area contributed by atoms with Crippen LogP contribution in [0, 0.1) is 5.92 Å². The van der Waals surface area contributed by atoms with Crippen molar-refractivity contribution >= 4 is 31.2 Å². The molecule has 1 atom stereocenters. The Bertz CT molecular complexity index is 512. The number of hydrogen-bond acceptors (Lipinski definition) is 4. The molecule has 0 fully saturated rings. The Kier molecular flexibility index (Phi) is 18.3. The fraction of sp³-hybridized carbons (Fsp3) is 0.963. The van der Waals surface area contributed by atoms with Crippen LogP contribution >= 0.6 is 0 Å². The Hall–Kier alpha value is 0.0406. The van der Waals surface area contributed by atoms with Crippen LogP contribution in [0.15, 0.2) is 0 Å². The molecule has 0 heterocycles. The van der Waals surface area contributed by atoms with Gasteiger partial charge in [-0.25, -0.2) is 0 Å². The second-order valence-corrected chi connectivity index (χ2v) is 23.4. The normalized spacial score (nSPS) is 13.8. The molecule has 0 aromatic carbocycles. The zero-order valence-electron chi connectivity index (χ0n) is 24.5. The van der Waals surface area contributed by atoms with Crippen LogP contribution in [0.5, 0.6) is 0 Å². The first kappa shape index (κ1) is 34.0. The Balaban J connectivity index is 5.68. The minimum absolute atomic E-state index is 0.00736. The number of ether oxygens (including phenoxy) is 1. The monoisotopic (exact) mass is 532 g/mol. The van der Waals surface area contributed by atoms with Crippen LogP contribution in [0.25, 0.3) is 0 Å². The van der Waals surface area contributed by atoms with Gasteiger partial charge in [0.2, 0.25) is 0 Å². The zero-order chi connectivity index (χ0) is 26.1. The molecule has 0 aromatic rings. The van der Waals surface area contributed by atoms with Crippen molar-refractivity contribution in [2.75, 3.05) is 6.61 Å². The van der Waals surface area contributed by atoms with Gasteiger partial charge in [-0.3, -0.25) is 4.79 Å². The molecule has 0 saturated heterocycles. The summed E-state index contributed by atoms with van der Waals surface area (Å²) < 4.78 is 20.5. The molecular formula is C27H60O4Si3. The lowest BCUT2D eigenvalue weighted by Gasteiger charge is -2.45. The van der Waals surface area contributed by atoms with E-state index >= 15 is 0 Å². The molecule has 0 rings (SSSR count). The van der Waals surface area contributed by atoms with E-state index in [1.54, 1.807) is 0 Å². The summed E-state index contributed by atoms with van der Waals surface area (Å²) in [5.74, 6) is -0.0588. The third-order valence-corrected chi connectivity index (χ3v) is 23.2. The molecular weight excluding hydrogens is 473 g/mol. The van der Waals surface area contributed by atoms with Crippen molar-refractivity contribution in [2.24, 2.45) is 5.92 Å². The van der Waals surface area contributed by atoms with Gasteiger partial charge in [0.05, 0.1) is 12.5 Å². The first-order valence-electron chi connectivity index (χ1n) is 14.7. The van der Waals surface area contributed by atoms with E-state index in [-0.39, 0.29) is 11.9 Å². The minimum atomic E-state index is -2.28. The molecule has 0 amide bonds. The molecule has 0 aliphatic heterocycles. The van der Waals surface area contributed by atoms with E-state index < -0.39 is 25.2 Å². The lowest BCUT2D eigenvalue weighted by Crippen LogP contribution is -2.58. The number of unbranched alkanes of at least 4 members (excludes halogenated alkanes) is 2. The Morgan fingerprint density at radius 3 is 1.65 bits per heavy atom. The van der Waals surface area contributed by atoms with Crippen LogP contribution in [0.3, 0.4) is 0 Å². The summed E-state index contributed by atoms with van der Waals surface area (Å²) in [5.41, 5.74) is 0. The predicted molar refractivity (Wildman–Crippen MR) is 156 cm³/mol. The summed E-state index contributed by atoms with van der Waals surface area (Å²) in [6, 6.07) is 8.11. The molecule has 7 heteroatoms. The number of rotatable bonds is 22. The molecule has 0 aromatic heterocycles. The maximum atomic E-state index is 12.2. The van der Waals surface area contributed by atoms with Gasteiger partial charge in [-0.15, -0.1) is 0 Å². The van der Waals surface area contributed by atoms with Gasteiger partial charge in [0, 0.05) is 0 Å². The maximum Gasteiger partial charge on any atom is 0.317 e. The second-order valence-electron chi connectivity index (χ2n) is 10.7. The van der Waals surface area contributed by atoms with Gasteiger partial charge in [0.1, 0.15) is 0 Å². The molecule has 0 saturated carbocycles. The standard InChI is InChI=1S/C27H60O4Si3/c1-10-17-23-32(9,24-18-11-2)30-34(15-6,16-7)31-33(21-12-3,22-13-4)25-19-20-29-27(28)26(8)14-5/h26H,10-25H2,1-9H3. The van der Waals surface area contributed by atoms with E-state index in [9.17, 15) is 4.79 Å². The van der Waals surface area contributed by atoms with Crippen LogP contribution in [-0.4, -0.2) is 37.8 Å². The number of hydrogen-bond donors (Lipinski definition) is 0. The molecule has 0 N–H and O–H groups in total. The third-order valence-electron chi connectivity index (χ3n) is 7.48. The zero-order valence-corrected chi connectivity index (χ0v) is 27.5. The average Bonchev–Trinajstić information content (AvgIpc) is 2.83. The maximum absolute atomic E-state index is 12.2. The summed E-state index contributed by atoms with van der Waals surface area (Å²) in [7, 11) is -6.05. The predicted octanol–water partition coefficient (Wildman–Crippen LogP) is 9.42. The highest BCUT2D eigenvalue weighted by molar-refractivity contribution is 6.89. The van der Waals surface area contributed by atoms with Gasteiger partial charge < -0.3 is 13.0 Å². The number of esters is 1. The molecule has 4 nitrogen and oxygen atoms in total. The highest BCUT2D eigenvalue weighted by Crippen LogP contribution is 2.37. The van der Waals surface area contributed by atoms with Crippen molar-refractivity contribution in [2.45, 2.75) is 156 Å². The molecule has 34 heavy (non-hydrogen) atoms. The lowest BCUT2D eigenvalue weighted by molar-refractivity contribution is -0.148. The van der Waals surface area contributed by atoms with E-state index in [1.807, 2.05) is 13.8 Å². The van der Waals surface area contributed by atoms with Crippen LogP contribution in [-0.2, 0) is 17.8 Å². The Morgan fingerprint density at radius 2 is 1.24 bits per heavy atom. The molecule has 204 valence electrons. The van der Waals surface area contributed by atoms with Gasteiger partial charge in [-0.1, -0.05) is 93.9 Å². The van der Waals surface area contributed by atoms with Gasteiger partial charge in [0.25, 0.3) is 0 Å². The summed E-state index contributed by atoms with van der Waals surface area (Å²) in [6.07, 6.45) is 9.12. The molecule has 0 aliphatic carbocycles. The lowest BCUT2D eigenvalue weighted by atomic mass is 10.1. The largest absolute Gasteiger partial charge is 0.465 e. The quantitative estimate of drug-likeness (QED) is 0.0791. The summed E-state index contributed by atoms with van der Waals surface area (Å²) in [6.45, 7) is 20.8. The molecule has 0 radical (unpaired) electrons. The third kappa shape index (κ3) is 12.3. The SMILES string of the molecule is CCCC[Si](C)(CCCC)O[Si](CC)(CC)O[Si](CCC)(CCC)CCCOC(=O)C(C)CC. The number of carbonyl (C=O) groups excluding carboxylic acids is 1. The highest BCUT2D eigenvalue weighted by atomic mass is 28.5. The minimum Gasteiger partial charge on any atom is -0.465 e. The fourth-order valence-electron chi connectivity index (χ4n) is 5.05. The summed E-state index contributed by atoms with van der Waals surface area (Å²) in [4.78, 5) is 12.2. The van der Waals surface area contributed by atoms with Crippen molar-refractivity contribution in [3.8, 4) is 0 Å².